The van der Waals surface area contributed by atoms with Crippen LogP contribution in [-0.4, -0.2) is 32.4 Å². The van der Waals surface area contributed by atoms with Gasteiger partial charge in [-0.2, -0.15) is 10.1 Å². The number of amides is 1. The third-order valence-electron chi connectivity index (χ3n) is 3.25. The van der Waals surface area contributed by atoms with E-state index in [0.717, 1.165) is 17.1 Å². The van der Waals surface area contributed by atoms with Gasteiger partial charge in [0.05, 0.1) is 10.6 Å². The number of aryl methyl sites for hydroxylation is 1. The van der Waals surface area contributed by atoms with Crippen molar-refractivity contribution >= 4 is 17.2 Å². The van der Waals surface area contributed by atoms with Gasteiger partial charge in [0.25, 0.3) is 0 Å². The number of nitrogens with one attached hydrogen (secondary N) is 1. The molecule has 0 aliphatic rings. The van der Waals surface area contributed by atoms with Gasteiger partial charge in [-0.05, 0) is 30.4 Å². The van der Waals surface area contributed by atoms with Gasteiger partial charge in [0.1, 0.15) is 0 Å². The highest BCUT2D eigenvalue weighted by atomic mass is 32.1. The molecule has 0 spiro atoms. The Morgan fingerprint density at radius 1 is 1.48 bits per heavy atom. The minimum absolute atomic E-state index is 0.0180. The lowest BCUT2D eigenvalue weighted by Gasteiger charge is -2.11. The van der Waals surface area contributed by atoms with E-state index in [1.54, 1.807) is 0 Å². The third kappa shape index (κ3) is 3.84. The summed E-state index contributed by atoms with van der Waals surface area (Å²) in [4.78, 5) is 17.1. The molecule has 1 N–H and O–H groups in total. The lowest BCUT2D eigenvalue weighted by atomic mass is 10.2. The first-order valence-corrected chi connectivity index (χ1v) is 8.15. The highest BCUT2D eigenvalue weighted by molar-refractivity contribution is 7.13. The molecular formula is C15H17N5O2S. The quantitative estimate of drug-likeness (QED) is 0.749. The zero-order chi connectivity index (χ0) is 16.2. The summed E-state index contributed by atoms with van der Waals surface area (Å²) in [5.41, 5.74) is 0.980. The predicted molar refractivity (Wildman–Crippen MR) is 86.1 cm³/mol. The fourth-order valence-corrected chi connectivity index (χ4v) is 2.76. The summed E-state index contributed by atoms with van der Waals surface area (Å²) in [6.45, 7) is 5.23. The normalized spacial score (nSPS) is 12.3. The van der Waals surface area contributed by atoms with Gasteiger partial charge < -0.3 is 9.84 Å². The molecular weight excluding hydrogens is 314 g/mol. The van der Waals surface area contributed by atoms with Crippen molar-refractivity contribution in [2.45, 2.75) is 20.4 Å². The zero-order valence-electron chi connectivity index (χ0n) is 12.9. The van der Waals surface area contributed by atoms with Crippen molar-refractivity contribution in [3.05, 3.63) is 41.4 Å². The van der Waals surface area contributed by atoms with Crippen LogP contribution in [0.5, 0.6) is 0 Å². The molecule has 0 unspecified atom stereocenters. The monoisotopic (exact) mass is 331 g/mol. The maximum absolute atomic E-state index is 12.1. The summed E-state index contributed by atoms with van der Waals surface area (Å²) < 4.78 is 6.89. The van der Waals surface area contributed by atoms with E-state index in [9.17, 15) is 4.79 Å². The van der Waals surface area contributed by atoms with Crippen molar-refractivity contribution < 1.29 is 9.32 Å². The van der Waals surface area contributed by atoms with E-state index in [1.165, 1.54) is 11.3 Å². The third-order valence-corrected chi connectivity index (χ3v) is 4.11. The van der Waals surface area contributed by atoms with Gasteiger partial charge in [-0.15, -0.1) is 11.3 Å². The second-order valence-electron chi connectivity index (χ2n) is 5.39. The summed E-state index contributed by atoms with van der Waals surface area (Å²) in [5.74, 6) is 0.294. The second-order valence-corrected chi connectivity index (χ2v) is 6.34. The van der Waals surface area contributed by atoms with Crippen LogP contribution in [0.3, 0.4) is 0 Å². The van der Waals surface area contributed by atoms with Gasteiger partial charge in [0.15, 0.2) is 0 Å². The van der Waals surface area contributed by atoms with Crippen LogP contribution >= 0.6 is 11.3 Å². The molecule has 0 aromatic carbocycles. The summed E-state index contributed by atoms with van der Waals surface area (Å²) in [6, 6.07) is 5.73. The highest BCUT2D eigenvalue weighted by Gasteiger charge is 2.17. The Kier molecular flexibility index (Phi) is 4.52. The number of aromatic nitrogens is 4. The minimum Gasteiger partial charge on any atom is -0.347 e. The number of carbonyl (C=O) groups excluding carboxylic acids is 1. The van der Waals surface area contributed by atoms with E-state index in [0.29, 0.717) is 12.4 Å². The lowest BCUT2D eigenvalue weighted by Crippen LogP contribution is -2.30. The Morgan fingerprint density at radius 2 is 2.35 bits per heavy atom. The fourth-order valence-electron chi connectivity index (χ4n) is 2.11. The molecule has 23 heavy (non-hydrogen) atoms. The molecule has 3 rings (SSSR count). The molecule has 3 heterocycles. The Morgan fingerprint density at radius 3 is 3.04 bits per heavy atom. The summed E-state index contributed by atoms with van der Waals surface area (Å²) in [7, 11) is 0. The molecule has 120 valence electrons. The molecule has 1 amide bonds. The van der Waals surface area contributed by atoms with Crippen molar-refractivity contribution in [3.63, 3.8) is 0 Å². The second kappa shape index (κ2) is 6.74. The van der Waals surface area contributed by atoms with Crippen LogP contribution in [0.25, 0.3) is 10.7 Å². The lowest BCUT2D eigenvalue weighted by molar-refractivity contribution is 0.0902. The largest absolute Gasteiger partial charge is 0.347 e. The van der Waals surface area contributed by atoms with Gasteiger partial charge in [0, 0.05) is 19.3 Å². The van der Waals surface area contributed by atoms with Gasteiger partial charge in [-0.25, -0.2) is 0 Å². The molecule has 1 atom stereocenters. The predicted octanol–water partition coefficient (Wildman–Crippen LogP) is 2.37. The van der Waals surface area contributed by atoms with Crippen LogP contribution in [0.2, 0.25) is 0 Å². The van der Waals surface area contributed by atoms with E-state index in [1.807, 2.05) is 48.3 Å². The van der Waals surface area contributed by atoms with E-state index in [4.69, 9.17) is 4.52 Å². The molecule has 3 aromatic rings. The summed E-state index contributed by atoms with van der Waals surface area (Å²) in [6.07, 6.45) is 1.93. The number of hydrogen-bond acceptors (Lipinski definition) is 6. The average Bonchev–Trinajstić information content (AvgIpc) is 3.25. The molecule has 8 heteroatoms. The molecule has 0 bridgehead atoms. The summed E-state index contributed by atoms with van der Waals surface area (Å²) in [5, 5.41) is 12.9. The fraction of sp³-hybridized carbons (Fsp3) is 0.333. The number of nitrogens with zero attached hydrogens (tertiary/aromatic N) is 4. The van der Waals surface area contributed by atoms with Crippen molar-refractivity contribution in [3.8, 4) is 10.7 Å². The van der Waals surface area contributed by atoms with Crippen LogP contribution in [0, 0.1) is 12.8 Å². The van der Waals surface area contributed by atoms with Crippen molar-refractivity contribution in [1.82, 2.24) is 25.2 Å². The van der Waals surface area contributed by atoms with E-state index in [2.05, 4.69) is 20.6 Å². The number of rotatable bonds is 6. The molecule has 0 fully saturated rings. The number of hydrogen-bond donors (Lipinski definition) is 1. The maximum atomic E-state index is 12.1. The first-order valence-electron chi connectivity index (χ1n) is 7.27. The molecule has 7 nitrogen and oxygen atoms in total. The van der Waals surface area contributed by atoms with E-state index >= 15 is 0 Å². The molecule has 0 saturated heterocycles. The van der Waals surface area contributed by atoms with Crippen LogP contribution in [0.4, 0.5) is 0 Å². The van der Waals surface area contributed by atoms with Crippen LogP contribution < -0.4 is 5.32 Å². The molecule has 0 aliphatic heterocycles. The van der Waals surface area contributed by atoms with Crippen LogP contribution in [0.15, 0.2) is 34.3 Å². The SMILES string of the molecule is Cc1ccn(C[C@H](C)CNC(=O)c2nc(-c3cccs3)no2)n1. The van der Waals surface area contributed by atoms with Crippen molar-refractivity contribution in [1.29, 1.82) is 0 Å². The van der Waals surface area contributed by atoms with Crippen LogP contribution in [0.1, 0.15) is 23.3 Å². The number of carbonyl (C=O) groups is 1. The molecule has 0 aliphatic carbocycles. The molecule has 3 aromatic heterocycles. The topological polar surface area (TPSA) is 85.8 Å². The maximum Gasteiger partial charge on any atom is 0.316 e. The molecule has 0 saturated carbocycles. The summed E-state index contributed by atoms with van der Waals surface area (Å²) >= 11 is 1.50. The zero-order valence-corrected chi connectivity index (χ0v) is 13.7. The Balaban J connectivity index is 1.53. The number of thiophene rings is 1. The standard InChI is InChI=1S/C15H17N5O2S/c1-10(9-20-6-5-11(2)18-20)8-16-14(21)15-17-13(19-22-15)12-4-3-7-23-12/h3-7,10H,8-9H2,1-2H3,(H,16,21)/t10-/m1/s1. The smallest absolute Gasteiger partial charge is 0.316 e. The van der Waals surface area contributed by atoms with Crippen LogP contribution in [-0.2, 0) is 6.54 Å². The van der Waals surface area contributed by atoms with Gasteiger partial charge >= 0.3 is 11.8 Å². The minimum atomic E-state index is -0.358. The van der Waals surface area contributed by atoms with Crippen molar-refractivity contribution in [2.24, 2.45) is 5.92 Å². The highest BCUT2D eigenvalue weighted by Crippen LogP contribution is 2.21. The van der Waals surface area contributed by atoms with Gasteiger partial charge in [-0.1, -0.05) is 18.1 Å². The van der Waals surface area contributed by atoms with E-state index in [-0.39, 0.29) is 17.7 Å². The van der Waals surface area contributed by atoms with Crippen molar-refractivity contribution in [2.75, 3.05) is 6.54 Å². The van der Waals surface area contributed by atoms with Gasteiger partial charge in [-0.3, -0.25) is 9.48 Å². The Labute approximate surface area is 137 Å². The van der Waals surface area contributed by atoms with E-state index < -0.39 is 0 Å². The van der Waals surface area contributed by atoms with Gasteiger partial charge in [0.2, 0.25) is 5.82 Å². The average molecular weight is 331 g/mol. The molecule has 0 radical (unpaired) electrons. The Bertz CT molecular complexity index is 778. The first kappa shape index (κ1) is 15.4. The first-order chi connectivity index (χ1) is 11.1. The Hall–Kier alpha value is -2.48.